The van der Waals surface area contributed by atoms with E-state index in [1.54, 1.807) is 0 Å². The molecule has 0 aliphatic carbocycles. The van der Waals surface area contributed by atoms with Crippen LogP contribution in [-0.2, 0) is 16.7 Å². The number of pyridine rings is 1. The molecule has 3 aromatic carbocycles. The van der Waals surface area contributed by atoms with E-state index in [2.05, 4.69) is 64.6 Å². The average molecular weight is 490 g/mol. The van der Waals surface area contributed by atoms with Gasteiger partial charge in [0, 0.05) is 21.9 Å². The molecule has 2 N–H and O–H groups in total. The van der Waals surface area contributed by atoms with Gasteiger partial charge in [-0.25, -0.2) is 4.57 Å². The lowest BCUT2D eigenvalue weighted by molar-refractivity contribution is -0.727. The molecule has 0 amide bonds. The van der Waals surface area contributed by atoms with Crippen molar-refractivity contribution in [2.24, 2.45) is 0 Å². The van der Waals surface area contributed by atoms with E-state index in [1.807, 2.05) is 39.0 Å². The minimum Gasteiger partial charge on any atom is -0.386 e. The van der Waals surface area contributed by atoms with Gasteiger partial charge in [-0.15, -0.1) is 0 Å². The lowest BCUT2D eigenvalue weighted by Crippen LogP contribution is -2.58. The Balaban J connectivity index is 1.83. The van der Waals surface area contributed by atoms with Crippen LogP contribution in [0.25, 0.3) is 44.2 Å². The molecule has 0 radical (unpaired) electrons. The van der Waals surface area contributed by atoms with Crippen LogP contribution in [0.15, 0.2) is 73.4 Å². The van der Waals surface area contributed by atoms with E-state index in [1.165, 1.54) is 21.7 Å². The summed E-state index contributed by atoms with van der Waals surface area (Å²) in [5.74, 6) is 0. The molecular formula is C33H33N2O2+. The Bertz CT molecular complexity index is 1800. The number of hydrogen-bond donors (Lipinski definition) is 2. The summed E-state index contributed by atoms with van der Waals surface area (Å²) in [6.45, 7) is 12.5. The maximum atomic E-state index is 12.0. The van der Waals surface area contributed by atoms with Crippen LogP contribution >= 0.6 is 0 Å². The van der Waals surface area contributed by atoms with Crippen LogP contribution in [0, 0.1) is 0 Å². The molecule has 0 saturated carbocycles. The van der Waals surface area contributed by atoms with Gasteiger partial charge in [0.15, 0.2) is 5.69 Å². The van der Waals surface area contributed by atoms with Gasteiger partial charge in [0.2, 0.25) is 0 Å². The molecule has 37 heavy (non-hydrogen) atoms. The zero-order valence-electron chi connectivity index (χ0n) is 22.0. The quantitative estimate of drug-likeness (QED) is 0.218. The molecule has 0 saturated heterocycles. The fourth-order valence-corrected chi connectivity index (χ4v) is 7.21. The predicted octanol–water partition coefficient (Wildman–Crippen LogP) is 6.56. The van der Waals surface area contributed by atoms with Gasteiger partial charge in [-0.3, -0.25) is 0 Å². The van der Waals surface area contributed by atoms with Crippen LogP contribution < -0.4 is 4.57 Å². The van der Waals surface area contributed by atoms with Crippen LogP contribution in [0.4, 0.5) is 0 Å². The predicted molar refractivity (Wildman–Crippen MR) is 149 cm³/mol. The molecule has 0 spiro atoms. The largest absolute Gasteiger partial charge is 0.386 e. The van der Waals surface area contributed by atoms with Crippen LogP contribution in [0.5, 0.6) is 0 Å². The minimum absolute atomic E-state index is 0.367. The number of allylic oxidation sites excluding steroid dienone is 1. The molecular weight excluding hydrogens is 456 g/mol. The molecule has 4 heterocycles. The Morgan fingerprint density at radius 2 is 1.73 bits per heavy atom. The van der Waals surface area contributed by atoms with E-state index in [4.69, 9.17) is 6.58 Å². The molecule has 2 aliphatic heterocycles. The first kappa shape index (κ1) is 22.7. The standard InChI is InChI=1S/C33H33N2O2/c1-6-33-18-17-32(5,37)25-15-10-14-24(31(3,4)36)29(25)27-19-34(33)30-28-21(20(33)2)12-9-13-23(28)22-11-7-8-16-26(22)35(27)30/h7-16,19,36-37H,2,6,17-18H2,1,3-5H3/q+1. The number of hydrogen-bond acceptors (Lipinski definition) is 2. The molecule has 5 aromatic rings. The lowest BCUT2D eigenvalue weighted by Gasteiger charge is -2.38. The lowest BCUT2D eigenvalue weighted by atomic mass is 9.73. The average Bonchev–Trinajstić information content (AvgIpc) is 3.30. The molecule has 2 bridgehead atoms. The number of imidazole rings is 1. The highest BCUT2D eigenvalue weighted by atomic mass is 16.3. The Kier molecular flexibility index (Phi) is 4.35. The van der Waals surface area contributed by atoms with E-state index >= 15 is 0 Å². The van der Waals surface area contributed by atoms with Crippen LogP contribution in [0.1, 0.15) is 63.6 Å². The van der Waals surface area contributed by atoms with Gasteiger partial charge in [0.05, 0.1) is 16.6 Å². The zero-order valence-corrected chi connectivity index (χ0v) is 22.0. The molecule has 2 aromatic heterocycles. The smallest absolute Gasteiger partial charge is 0.296 e. The highest BCUT2D eigenvalue weighted by Gasteiger charge is 2.49. The van der Waals surface area contributed by atoms with Gasteiger partial charge < -0.3 is 10.2 Å². The highest BCUT2D eigenvalue weighted by Crippen LogP contribution is 2.51. The third-order valence-corrected chi connectivity index (χ3v) is 9.17. The van der Waals surface area contributed by atoms with E-state index in [9.17, 15) is 10.2 Å². The first-order valence-electron chi connectivity index (χ1n) is 13.3. The number of benzene rings is 3. The number of aromatic nitrogens is 2. The summed E-state index contributed by atoms with van der Waals surface area (Å²) < 4.78 is 4.81. The van der Waals surface area contributed by atoms with Gasteiger partial charge in [0.1, 0.15) is 17.3 Å². The van der Waals surface area contributed by atoms with Crippen molar-refractivity contribution in [3.63, 3.8) is 0 Å². The van der Waals surface area contributed by atoms with Gasteiger partial charge in [-0.05, 0) is 62.8 Å². The van der Waals surface area contributed by atoms with Crippen LogP contribution in [0.3, 0.4) is 0 Å². The maximum Gasteiger partial charge on any atom is 0.296 e. The minimum atomic E-state index is -1.09. The third-order valence-electron chi connectivity index (χ3n) is 9.17. The molecule has 4 heteroatoms. The van der Waals surface area contributed by atoms with E-state index in [0.717, 1.165) is 52.0 Å². The molecule has 186 valence electrons. The summed E-state index contributed by atoms with van der Waals surface area (Å²) in [6.07, 6.45) is 4.47. The summed E-state index contributed by atoms with van der Waals surface area (Å²) in [5, 5.41) is 27.0. The van der Waals surface area contributed by atoms with Gasteiger partial charge in [-0.1, -0.05) is 68.1 Å². The second-order valence-electron chi connectivity index (χ2n) is 11.7. The maximum absolute atomic E-state index is 12.0. The molecule has 0 fully saturated rings. The normalized spacial score (nSPS) is 23.0. The monoisotopic (exact) mass is 489 g/mol. The number of para-hydroxylation sites is 1. The van der Waals surface area contributed by atoms with E-state index < -0.39 is 11.2 Å². The first-order valence-corrected chi connectivity index (χ1v) is 13.3. The van der Waals surface area contributed by atoms with Crippen molar-refractivity contribution in [2.75, 3.05) is 0 Å². The number of aliphatic hydroxyl groups is 2. The third kappa shape index (κ3) is 2.72. The van der Waals surface area contributed by atoms with Crippen molar-refractivity contribution in [2.45, 2.75) is 63.7 Å². The Hall–Kier alpha value is -3.47. The second-order valence-corrected chi connectivity index (χ2v) is 11.7. The van der Waals surface area contributed by atoms with Crippen molar-refractivity contribution in [3.05, 3.63) is 90.1 Å². The summed E-state index contributed by atoms with van der Waals surface area (Å²) >= 11 is 0. The summed E-state index contributed by atoms with van der Waals surface area (Å²) in [5.41, 5.74) is 5.61. The topological polar surface area (TPSA) is 48.8 Å². The van der Waals surface area contributed by atoms with Crippen molar-refractivity contribution in [3.8, 4) is 11.3 Å². The molecule has 2 unspecified atom stereocenters. The summed E-state index contributed by atoms with van der Waals surface area (Å²) in [6, 6.07) is 21.1. The van der Waals surface area contributed by atoms with E-state index in [0.29, 0.717) is 6.42 Å². The fraction of sp³-hybridized carbons (Fsp3) is 0.303. The molecule has 7 rings (SSSR count). The second kappa shape index (κ2) is 7.09. The Morgan fingerprint density at radius 3 is 2.49 bits per heavy atom. The zero-order chi connectivity index (χ0) is 25.9. The Labute approximate surface area is 217 Å². The van der Waals surface area contributed by atoms with Gasteiger partial charge >= 0.3 is 0 Å². The van der Waals surface area contributed by atoms with Crippen LogP contribution in [-0.4, -0.2) is 14.6 Å². The Morgan fingerprint density at radius 1 is 1.00 bits per heavy atom. The summed E-state index contributed by atoms with van der Waals surface area (Å²) in [7, 11) is 0. The van der Waals surface area contributed by atoms with Crippen molar-refractivity contribution < 1.29 is 14.8 Å². The van der Waals surface area contributed by atoms with Gasteiger partial charge in [0.25, 0.3) is 5.65 Å². The fourth-order valence-electron chi connectivity index (χ4n) is 7.21. The van der Waals surface area contributed by atoms with Gasteiger partial charge in [-0.2, -0.15) is 4.40 Å². The summed E-state index contributed by atoms with van der Waals surface area (Å²) in [4.78, 5) is 0. The van der Waals surface area contributed by atoms with Crippen molar-refractivity contribution in [1.82, 2.24) is 4.40 Å². The van der Waals surface area contributed by atoms with Crippen molar-refractivity contribution >= 4 is 32.9 Å². The molecule has 2 aliphatic rings. The molecule has 4 nitrogen and oxygen atoms in total. The number of nitrogens with zero attached hydrogens (tertiary/aromatic N) is 2. The van der Waals surface area contributed by atoms with Crippen molar-refractivity contribution in [1.29, 1.82) is 0 Å². The first-order chi connectivity index (χ1) is 17.6. The van der Waals surface area contributed by atoms with Crippen LogP contribution in [0.2, 0.25) is 0 Å². The molecule has 2 atom stereocenters. The van der Waals surface area contributed by atoms with E-state index in [-0.39, 0.29) is 5.54 Å². The number of rotatable bonds is 2. The SMILES string of the molecule is C=C1c2cccc3c4ccccc4n4c5c[n+](c4c23)C1(CC)CCC(C)(O)c1cccc(C(C)(C)O)c1-5. The number of fused-ring (bicyclic) bond motifs is 7. The highest BCUT2D eigenvalue weighted by molar-refractivity contribution is 6.16.